The first kappa shape index (κ1) is 14.7. The van der Waals surface area contributed by atoms with Crippen LogP contribution < -0.4 is 0 Å². The van der Waals surface area contributed by atoms with Gasteiger partial charge in [-0.1, -0.05) is 0 Å². The monoisotopic (exact) mass is 300 g/mol. The van der Waals surface area contributed by atoms with Crippen molar-refractivity contribution in [2.45, 2.75) is 32.4 Å². The number of amides is 1. The van der Waals surface area contributed by atoms with Gasteiger partial charge in [0.05, 0.1) is 6.10 Å². The summed E-state index contributed by atoms with van der Waals surface area (Å²) in [4.78, 5) is 25.7. The van der Waals surface area contributed by atoms with Gasteiger partial charge in [0.25, 0.3) is 5.91 Å². The van der Waals surface area contributed by atoms with Crippen LogP contribution in [0.25, 0.3) is 0 Å². The second-order valence-electron chi connectivity index (χ2n) is 5.59. The van der Waals surface area contributed by atoms with Crippen LogP contribution in [0, 0.1) is 6.92 Å². The molecule has 1 aliphatic heterocycles. The molecule has 0 saturated carbocycles. The van der Waals surface area contributed by atoms with E-state index in [2.05, 4.69) is 15.0 Å². The number of carbonyl (C=O) groups is 1. The van der Waals surface area contributed by atoms with E-state index in [4.69, 9.17) is 4.74 Å². The summed E-state index contributed by atoms with van der Waals surface area (Å²) in [6, 6.07) is 3.84. The van der Waals surface area contributed by atoms with Gasteiger partial charge in [-0.15, -0.1) is 0 Å². The largest absolute Gasteiger partial charge is 0.376 e. The lowest BCUT2D eigenvalue weighted by atomic mass is 10.2. The van der Waals surface area contributed by atoms with Gasteiger partial charge in [0.15, 0.2) is 5.82 Å². The van der Waals surface area contributed by atoms with Crippen molar-refractivity contribution >= 4 is 5.91 Å². The van der Waals surface area contributed by atoms with Crippen molar-refractivity contribution in [2.75, 3.05) is 13.2 Å². The first-order valence-corrected chi connectivity index (χ1v) is 7.54. The van der Waals surface area contributed by atoms with Gasteiger partial charge in [0.2, 0.25) is 0 Å². The Morgan fingerprint density at radius 3 is 2.91 bits per heavy atom. The molecule has 0 bridgehead atoms. The molecule has 1 amide bonds. The molecule has 116 valence electrons. The molecule has 1 aliphatic rings. The summed E-state index contributed by atoms with van der Waals surface area (Å²) >= 11 is 0. The summed E-state index contributed by atoms with van der Waals surface area (Å²) in [7, 11) is 0. The SMILES string of the molecule is Cc1cnc(C(=O)N(Cc2ccncc2)C[C@@H]2CCCO2)[nH]1. The molecule has 2 aromatic heterocycles. The van der Waals surface area contributed by atoms with Crippen LogP contribution >= 0.6 is 0 Å². The quantitative estimate of drug-likeness (QED) is 0.916. The van der Waals surface area contributed by atoms with Crippen LogP contribution in [0.3, 0.4) is 0 Å². The predicted molar refractivity (Wildman–Crippen MR) is 81.3 cm³/mol. The highest BCUT2D eigenvalue weighted by Gasteiger charge is 2.25. The Balaban J connectivity index is 1.76. The molecular formula is C16H20N4O2. The molecule has 1 atom stereocenters. The topological polar surface area (TPSA) is 71.1 Å². The van der Waals surface area contributed by atoms with Gasteiger partial charge in [-0.25, -0.2) is 4.98 Å². The fourth-order valence-corrected chi connectivity index (χ4v) is 2.63. The van der Waals surface area contributed by atoms with Crippen molar-refractivity contribution < 1.29 is 9.53 Å². The van der Waals surface area contributed by atoms with E-state index in [9.17, 15) is 4.79 Å². The molecule has 2 aromatic rings. The third-order valence-corrected chi connectivity index (χ3v) is 3.76. The molecular weight excluding hydrogens is 280 g/mol. The summed E-state index contributed by atoms with van der Waals surface area (Å²) in [5.41, 5.74) is 1.92. The van der Waals surface area contributed by atoms with E-state index in [0.717, 1.165) is 30.7 Å². The van der Waals surface area contributed by atoms with Gasteiger partial charge in [-0.05, 0) is 37.5 Å². The molecule has 1 fully saturated rings. The van der Waals surface area contributed by atoms with E-state index in [1.807, 2.05) is 19.1 Å². The van der Waals surface area contributed by atoms with E-state index in [0.29, 0.717) is 18.9 Å². The smallest absolute Gasteiger partial charge is 0.290 e. The van der Waals surface area contributed by atoms with Gasteiger partial charge in [0.1, 0.15) is 0 Å². The number of aromatic nitrogens is 3. The fourth-order valence-electron chi connectivity index (χ4n) is 2.63. The first-order valence-electron chi connectivity index (χ1n) is 7.54. The Labute approximate surface area is 129 Å². The van der Waals surface area contributed by atoms with Crippen LogP contribution in [-0.2, 0) is 11.3 Å². The first-order chi connectivity index (χ1) is 10.7. The van der Waals surface area contributed by atoms with Crippen LogP contribution in [0.4, 0.5) is 0 Å². The Morgan fingerprint density at radius 1 is 1.45 bits per heavy atom. The maximum Gasteiger partial charge on any atom is 0.290 e. The summed E-state index contributed by atoms with van der Waals surface area (Å²) in [6.45, 7) is 3.78. The van der Waals surface area contributed by atoms with Gasteiger partial charge >= 0.3 is 0 Å². The molecule has 0 unspecified atom stereocenters. The standard InChI is InChI=1S/C16H20N4O2/c1-12-9-18-15(19-12)16(21)20(11-14-3-2-8-22-14)10-13-4-6-17-7-5-13/h4-7,9,14H,2-3,8,10-11H2,1H3,(H,18,19)/t14-/m0/s1. The van der Waals surface area contributed by atoms with E-state index >= 15 is 0 Å². The van der Waals surface area contributed by atoms with Crippen LogP contribution in [-0.4, -0.2) is 45.0 Å². The number of nitrogens with one attached hydrogen (secondary N) is 1. The van der Waals surface area contributed by atoms with Gasteiger partial charge in [-0.3, -0.25) is 9.78 Å². The number of aromatic amines is 1. The molecule has 1 saturated heterocycles. The van der Waals surface area contributed by atoms with Crippen molar-refractivity contribution in [3.63, 3.8) is 0 Å². The summed E-state index contributed by atoms with van der Waals surface area (Å²) in [5.74, 6) is 0.282. The van der Waals surface area contributed by atoms with Crippen molar-refractivity contribution in [3.05, 3.63) is 47.8 Å². The molecule has 6 nitrogen and oxygen atoms in total. The highest BCUT2D eigenvalue weighted by molar-refractivity contribution is 5.90. The average molecular weight is 300 g/mol. The van der Waals surface area contributed by atoms with E-state index < -0.39 is 0 Å². The third kappa shape index (κ3) is 3.51. The van der Waals surface area contributed by atoms with Crippen LogP contribution in [0.2, 0.25) is 0 Å². The molecule has 0 spiro atoms. The maximum absolute atomic E-state index is 12.7. The lowest BCUT2D eigenvalue weighted by Gasteiger charge is -2.24. The minimum Gasteiger partial charge on any atom is -0.376 e. The Kier molecular flexibility index (Phi) is 4.48. The van der Waals surface area contributed by atoms with Crippen LogP contribution in [0.5, 0.6) is 0 Å². The maximum atomic E-state index is 12.7. The van der Waals surface area contributed by atoms with Crippen molar-refractivity contribution in [1.82, 2.24) is 19.9 Å². The molecule has 0 aliphatic carbocycles. The lowest BCUT2D eigenvalue weighted by Crippen LogP contribution is -2.37. The zero-order chi connectivity index (χ0) is 15.4. The summed E-state index contributed by atoms with van der Waals surface area (Å²) < 4.78 is 5.68. The molecule has 0 radical (unpaired) electrons. The Hall–Kier alpha value is -2.21. The number of carbonyl (C=O) groups excluding carboxylic acids is 1. The molecule has 3 rings (SSSR count). The van der Waals surface area contributed by atoms with Crippen molar-refractivity contribution in [1.29, 1.82) is 0 Å². The minimum atomic E-state index is -0.0968. The Morgan fingerprint density at radius 2 is 2.27 bits per heavy atom. The molecule has 6 heteroatoms. The number of H-pyrrole nitrogens is 1. The normalized spacial score (nSPS) is 17.6. The summed E-state index contributed by atoms with van der Waals surface area (Å²) in [6.07, 6.45) is 7.31. The number of hydrogen-bond acceptors (Lipinski definition) is 4. The number of hydrogen-bond donors (Lipinski definition) is 1. The van der Waals surface area contributed by atoms with Crippen LogP contribution in [0.15, 0.2) is 30.7 Å². The molecule has 0 aromatic carbocycles. The Bertz CT molecular complexity index is 620. The lowest BCUT2D eigenvalue weighted by molar-refractivity contribution is 0.0499. The van der Waals surface area contributed by atoms with E-state index in [-0.39, 0.29) is 12.0 Å². The van der Waals surface area contributed by atoms with Crippen LogP contribution in [0.1, 0.15) is 34.7 Å². The number of nitrogens with zero attached hydrogens (tertiary/aromatic N) is 3. The van der Waals surface area contributed by atoms with Gasteiger partial charge < -0.3 is 14.6 Å². The van der Waals surface area contributed by atoms with Crippen molar-refractivity contribution in [3.8, 4) is 0 Å². The van der Waals surface area contributed by atoms with E-state index in [1.54, 1.807) is 23.5 Å². The van der Waals surface area contributed by atoms with Gasteiger partial charge in [0, 0.05) is 44.0 Å². The molecule has 1 N–H and O–H groups in total. The van der Waals surface area contributed by atoms with Crippen molar-refractivity contribution in [2.24, 2.45) is 0 Å². The second kappa shape index (κ2) is 6.70. The highest BCUT2D eigenvalue weighted by Crippen LogP contribution is 2.16. The minimum absolute atomic E-state index is 0.0968. The predicted octanol–water partition coefficient (Wildman–Crippen LogP) is 1.93. The van der Waals surface area contributed by atoms with Gasteiger partial charge in [-0.2, -0.15) is 0 Å². The second-order valence-corrected chi connectivity index (χ2v) is 5.59. The zero-order valence-electron chi connectivity index (χ0n) is 12.7. The number of imidazole rings is 1. The number of rotatable bonds is 5. The molecule has 3 heterocycles. The van der Waals surface area contributed by atoms with E-state index in [1.165, 1.54) is 0 Å². The number of pyridine rings is 1. The highest BCUT2D eigenvalue weighted by atomic mass is 16.5. The summed E-state index contributed by atoms with van der Waals surface area (Å²) in [5, 5.41) is 0. The number of ether oxygens (including phenoxy) is 1. The number of aryl methyl sites for hydroxylation is 1. The average Bonchev–Trinajstić information content (AvgIpc) is 3.18. The molecule has 22 heavy (non-hydrogen) atoms. The fraction of sp³-hybridized carbons (Fsp3) is 0.438. The third-order valence-electron chi connectivity index (χ3n) is 3.76. The zero-order valence-corrected chi connectivity index (χ0v) is 12.7.